The molecule has 2 unspecified atom stereocenters. The highest BCUT2D eigenvalue weighted by Crippen LogP contribution is 2.47. The molecule has 1 saturated heterocycles. The Morgan fingerprint density at radius 1 is 1.23 bits per heavy atom. The third-order valence-electron chi connectivity index (χ3n) is 7.61. The molecule has 0 saturated carbocycles. The Balaban J connectivity index is 1.44. The van der Waals surface area contributed by atoms with E-state index in [4.69, 9.17) is 9.84 Å². The van der Waals surface area contributed by atoms with Crippen LogP contribution in [0.2, 0.25) is 0 Å². The van der Waals surface area contributed by atoms with Crippen molar-refractivity contribution in [3.63, 3.8) is 0 Å². The minimum atomic E-state index is -0.955. The maximum atomic E-state index is 13.5. The number of aliphatic hydroxyl groups is 1. The van der Waals surface area contributed by atoms with Crippen LogP contribution in [0.4, 0.5) is 21.8 Å². The molecule has 1 fully saturated rings. The highest BCUT2D eigenvalue weighted by atomic mass is 19.1. The van der Waals surface area contributed by atoms with E-state index in [-0.39, 0.29) is 11.9 Å². The first-order valence-electron chi connectivity index (χ1n) is 11.7. The molecule has 0 radical (unpaired) electrons. The van der Waals surface area contributed by atoms with Crippen LogP contribution in [0, 0.1) is 11.2 Å². The number of aryl methyl sites for hydroxylation is 1. The van der Waals surface area contributed by atoms with Gasteiger partial charge >= 0.3 is 0 Å². The molecule has 2 aliphatic heterocycles. The van der Waals surface area contributed by atoms with E-state index in [0.29, 0.717) is 30.7 Å². The summed E-state index contributed by atoms with van der Waals surface area (Å²) in [5.74, 6) is 1.60. The number of aromatic nitrogens is 4. The highest BCUT2D eigenvalue weighted by Gasteiger charge is 2.61. The van der Waals surface area contributed by atoms with Crippen LogP contribution in [0.5, 0.6) is 0 Å². The normalized spacial score (nSPS) is 23.2. The van der Waals surface area contributed by atoms with E-state index in [1.54, 1.807) is 16.8 Å². The Morgan fingerprint density at radius 2 is 1.94 bits per heavy atom. The number of rotatable bonds is 6. The van der Waals surface area contributed by atoms with E-state index < -0.39 is 11.0 Å². The largest absolute Gasteiger partial charge is 0.384 e. The van der Waals surface area contributed by atoms with E-state index in [9.17, 15) is 9.50 Å². The summed E-state index contributed by atoms with van der Waals surface area (Å²) in [6, 6.07) is 8.10. The van der Waals surface area contributed by atoms with Gasteiger partial charge in [0.15, 0.2) is 11.6 Å². The first-order chi connectivity index (χ1) is 16.7. The van der Waals surface area contributed by atoms with Crippen molar-refractivity contribution in [3.8, 4) is 11.3 Å². The number of anilines is 3. The van der Waals surface area contributed by atoms with Crippen molar-refractivity contribution in [1.82, 2.24) is 19.7 Å². The molecule has 1 aromatic carbocycles. The number of nitrogens with zero attached hydrogens (tertiary/aromatic N) is 6. The number of hydrazone groups is 1. The van der Waals surface area contributed by atoms with Crippen LogP contribution in [0.3, 0.4) is 0 Å². The zero-order chi connectivity index (χ0) is 25.0. The lowest BCUT2D eigenvalue weighted by Gasteiger charge is -2.50. The molecule has 0 spiro atoms. The van der Waals surface area contributed by atoms with Gasteiger partial charge in [-0.2, -0.15) is 10.2 Å². The monoisotopic (exact) mass is 479 g/mol. The lowest BCUT2D eigenvalue weighted by atomic mass is 9.65. The van der Waals surface area contributed by atoms with Crippen molar-refractivity contribution in [1.29, 1.82) is 0 Å². The van der Waals surface area contributed by atoms with E-state index in [2.05, 4.69) is 27.3 Å². The lowest BCUT2D eigenvalue weighted by Crippen LogP contribution is -2.66. The van der Waals surface area contributed by atoms with Crippen molar-refractivity contribution in [2.45, 2.75) is 45.8 Å². The molecule has 184 valence electrons. The quantitative estimate of drug-likeness (QED) is 0.556. The van der Waals surface area contributed by atoms with Crippen LogP contribution in [-0.4, -0.2) is 55.4 Å². The molecule has 2 atom stereocenters. The molecule has 4 heterocycles. The van der Waals surface area contributed by atoms with Gasteiger partial charge in [-0.15, -0.1) is 0 Å². The Bertz CT molecular complexity index is 1290. The van der Waals surface area contributed by atoms with Gasteiger partial charge in [-0.1, -0.05) is 6.92 Å². The summed E-state index contributed by atoms with van der Waals surface area (Å²) in [5, 5.41) is 25.7. The smallest absolute Gasteiger partial charge is 0.157 e. The topological polar surface area (TPSA) is 101 Å². The Hall–Kier alpha value is -3.37. The maximum absolute atomic E-state index is 13.5. The zero-order valence-electron chi connectivity index (χ0n) is 20.6. The summed E-state index contributed by atoms with van der Waals surface area (Å²) < 4.78 is 20.6. The van der Waals surface area contributed by atoms with Gasteiger partial charge in [0.25, 0.3) is 0 Å². The molecular formula is C25H30FN7O2. The summed E-state index contributed by atoms with van der Waals surface area (Å²) in [5.41, 5.74) is 2.13. The fraction of sp³-hybridized carbons (Fsp3) is 0.440. The van der Waals surface area contributed by atoms with E-state index in [1.165, 1.54) is 18.5 Å². The second-order valence-electron chi connectivity index (χ2n) is 9.48. The zero-order valence-corrected chi connectivity index (χ0v) is 20.6. The molecule has 5 rings (SSSR count). The Morgan fingerprint density at radius 3 is 2.57 bits per heavy atom. The van der Waals surface area contributed by atoms with Crippen LogP contribution in [0.25, 0.3) is 11.3 Å². The van der Waals surface area contributed by atoms with Gasteiger partial charge in [0.05, 0.1) is 30.4 Å². The molecule has 3 aromatic rings. The number of hydrogen-bond donors (Lipinski definition) is 2. The molecule has 0 amide bonds. The van der Waals surface area contributed by atoms with Gasteiger partial charge in [0.2, 0.25) is 0 Å². The molecule has 2 aliphatic rings. The number of hydrogen-bond acceptors (Lipinski definition) is 8. The van der Waals surface area contributed by atoms with Crippen LogP contribution in [-0.2, 0) is 18.2 Å². The first kappa shape index (κ1) is 23.4. The Labute approximate surface area is 203 Å². The van der Waals surface area contributed by atoms with E-state index in [0.717, 1.165) is 29.0 Å². The number of halogens is 1. The van der Waals surface area contributed by atoms with Gasteiger partial charge in [-0.3, -0.25) is 4.68 Å². The molecule has 2 N–H and O–H groups in total. The predicted molar refractivity (Wildman–Crippen MR) is 132 cm³/mol. The highest BCUT2D eigenvalue weighted by molar-refractivity contribution is 5.93. The van der Waals surface area contributed by atoms with E-state index >= 15 is 0 Å². The number of benzene rings is 1. The van der Waals surface area contributed by atoms with Gasteiger partial charge in [-0.05, 0) is 51.5 Å². The van der Waals surface area contributed by atoms with E-state index in [1.807, 2.05) is 38.9 Å². The van der Waals surface area contributed by atoms with Gasteiger partial charge in [0, 0.05) is 30.0 Å². The van der Waals surface area contributed by atoms with Gasteiger partial charge in [-0.25, -0.2) is 19.4 Å². The SMILES string of the molecule is CCc1c(Nc2cc(N3N=C(C)C(C)(C4(O)COC4)C3C)ncn2)nn(C)c1-c1ccc(F)cc1. The van der Waals surface area contributed by atoms with Crippen molar-refractivity contribution in [2.75, 3.05) is 23.5 Å². The molecule has 10 heteroatoms. The molecule has 9 nitrogen and oxygen atoms in total. The van der Waals surface area contributed by atoms with Crippen molar-refractivity contribution in [2.24, 2.45) is 17.6 Å². The second kappa shape index (κ2) is 8.39. The summed E-state index contributed by atoms with van der Waals surface area (Å²) in [6.45, 7) is 8.64. The van der Waals surface area contributed by atoms with Crippen LogP contribution in [0.1, 0.15) is 33.3 Å². The molecular weight excluding hydrogens is 449 g/mol. The van der Waals surface area contributed by atoms with Crippen LogP contribution >= 0.6 is 0 Å². The predicted octanol–water partition coefficient (Wildman–Crippen LogP) is 3.67. The lowest BCUT2D eigenvalue weighted by molar-refractivity contribution is -0.221. The maximum Gasteiger partial charge on any atom is 0.157 e. The second-order valence-corrected chi connectivity index (χ2v) is 9.48. The summed E-state index contributed by atoms with van der Waals surface area (Å²) >= 11 is 0. The summed E-state index contributed by atoms with van der Waals surface area (Å²) in [7, 11) is 1.87. The van der Waals surface area contributed by atoms with Crippen LogP contribution < -0.4 is 10.3 Å². The van der Waals surface area contributed by atoms with Crippen molar-refractivity contribution < 1.29 is 14.2 Å². The first-order valence-corrected chi connectivity index (χ1v) is 11.7. The molecule has 2 aromatic heterocycles. The average molecular weight is 480 g/mol. The number of ether oxygens (including phenoxy) is 1. The van der Waals surface area contributed by atoms with Crippen molar-refractivity contribution in [3.05, 3.63) is 48.0 Å². The summed E-state index contributed by atoms with van der Waals surface area (Å²) in [4.78, 5) is 8.85. The fourth-order valence-electron chi connectivity index (χ4n) is 5.10. The minimum Gasteiger partial charge on any atom is -0.384 e. The van der Waals surface area contributed by atoms with Gasteiger partial charge in [0.1, 0.15) is 23.6 Å². The molecule has 35 heavy (non-hydrogen) atoms. The Kier molecular flexibility index (Phi) is 5.60. The molecule has 0 aliphatic carbocycles. The molecule has 0 bridgehead atoms. The van der Waals surface area contributed by atoms with Gasteiger partial charge < -0.3 is 15.2 Å². The third-order valence-corrected chi connectivity index (χ3v) is 7.61. The number of nitrogens with one attached hydrogen (secondary N) is 1. The van der Waals surface area contributed by atoms with Crippen LogP contribution in [0.15, 0.2) is 41.8 Å². The fourth-order valence-corrected chi connectivity index (χ4v) is 5.10. The average Bonchev–Trinajstić information content (AvgIpc) is 3.26. The summed E-state index contributed by atoms with van der Waals surface area (Å²) in [6.07, 6.45) is 2.22. The third kappa shape index (κ3) is 3.59. The standard InChI is InChI=1S/C25H30FN7O2/c1-6-19-22(17-7-9-18(26)10-8-17)32(5)31-23(19)29-20-11-21(28-14-27-20)33-16(3)24(4,15(2)30-33)25(34)12-35-13-25/h7-11,14,16,34H,6,12-13H2,1-5H3,(H,27,28,29,31). The minimum absolute atomic E-state index is 0.134. The van der Waals surface area contributed by atoms with Crippen molar-refractivity contribution >= 4 is 23.2 Å².